The highest BCUT2D eigenvalue weighted by atomic mass is 32.1. The maximum absolute atomic E-state index is 12.6. The van der Waals surface area contributed by atoms with Crippen LogP contribution in [0.1, 0.15) is 45.2 Å². The zero-order valence-corrected chi connectivity index (χ0v) is 18.5. The number of hydrogen-bond acceptors (Lipinski definition) is 8. The van der Waals surface area contributed by atoms with Crippen LogP contribution in [0.3, 0.4) is 0 Å². The molecule has 4 aromatic rings. The Hall–Kier alpha value is -3.63. The maximum atomic E-state index is 12.6. The summed E-state index contributed by atoms with van der Waals surface area (Å²) in [6, 6.07) is 12.6. The number of ether oxygens (including phenoxy) is 1. The van der Waals surface area contributed by atoms with Gasteiger partial charge in [-0.05, 0) is 29.5 Å². The van der Waals surface area contributed by atoms with E-state index in [0.717, 1.165) is 10.3 Å². The minimum absolute atomic E-state index is 0.163. The van der Waals surface area contributed by atoms with Gasteiger partial charge in [-0.15, -0.1) is 22.7 Å². The molecule has 3 aromatic heterocycles. The van der Waals surface area contributed by atoms with Crippen LogP contribution in [-0.4, -0.2) is 27.9 Å². The molecule has 8 nitrogen and oxygen atoms in total. The normalized spacial score (nSPS) is 11.7. The van der Waals surface area contributed by atoms with Crippen molar-refractivity contribution in [1.29, 1.82) is 0 Å². The third-order valence-corrected chi connectivity index (χ3v) is 6.39. The molecule has 10 heteroatoms. The number of imide groups is 1. The second-order valence-corrected chi connectivity index (χ2v) is 8.59. The summed E-state index contributed by atoms with van der Waals surface area (Å²) in [5, 5.41) is 7.13. The lowest BCUT2D eigenvalue weighted by molar-refractivity contribution is 0.0809. The lowest BCUT2D eigenvalue weighted by Gasteiger charge is -2.16. The fourth-order valence-electron chi connectivity index (χ4n) is 2.99. The number of carbonyl (C=O) groups excluding carboxylic acids is 3. The Balaban J connectivity index is 1.41. The Morgan fingerprint density at radius 1 is 1.09 bits per heavy atom. The number of hydrogen-bond donors (Lipinski definition) is 2. The molecule has 4 rings (SSSR count). The summed E-state index contributed by atoms with van der Waals surface area (Å²) in [5.41, 5.74) is 1.63. The number of thiazole rings is 1. The van der Waals surface area contributed by atoms with E-state index in [2.05, 4.69) is 20.6 Å². The molecule has 1 aromatic carbocycles. The van der Waals surface area contributed by atoms with Gasteiger partial charge in [0.1, 0.15) is 16.6 Å². The number of rotatable bonds is 6. The molecule has 0 saturated heterocycles. The fourth-order valence-corrected chi connectivity index (χ4v) is 4.60. The number of benzene rings is 1. The maximum Gasteiger partial charge on any atom is 0.414 e. The first-order chi connectivity index (χ1) is 15.5. The molecule has 0 aliphatic heterocycles. The number of aromatic nitrogens is 2. The van der Waals surface area contributed by atoms with Crippen LogP contribution in [0.25, 0.3) is 10.2 Å². The molecule has 0 saturated carbocycles. The van der Waals surface area contributed by atoms with Crippen LogP contribution in [0.15, 0.2) is 60.2 Å². The van der Waals surface area contributed by atoms with Gasteiger partial charge in [0.05, 0.1) is 16.5 Å². The molecule has 0 aliphatic rings. The van der Waals surface area contributed by atoms with Gasteiger partial charge < -0.3 is 10.1 Å². The van der Waals surface area contributed by atoms with Gasteiger partial charge in [0, 0.05) is 6.20 Å². The van der Waals surface area contributed by atoms with Crippen LogP contribution < -0.4 is 10.6 Å². The highest BCUT2D eigenvalue weighted by molar-refractivity contribution is 7.20. The van der Waals surface area contributed by atoms with E-state index in [1.54, 1.807) is 23.8 Å². The van der Waals surface area contributed by atoms with Gasteiger partial charge in [-0.2, -0.15) is 0 Å². The highest BCUT2D eigenvalue weighted by Crippen LogP contribution is 2.26. The van der Waals surface area contributed by atoms with Crippen molar-refractivity contribution in [1.82, 2.24) is 15.3 Å². The van der Waals surface area contributed by atoms with Crippen molar-refractivity contribution >= 4 is 55.8 Å². The van der Waals surface area contributed by atoms with Crippen LogP contribution in [0.2, 0.25) is 0 Å². The van der Waals surface area contributed by atoms with Crippen molar-refractivity contribution in [3.8, 4) is 0 Å². The number of fused-ring (bicyclic) bond motifs is 1. The molecule has 0 fully saturated rings. The average Bonchev–Trinajstić information content (AvgIpc) is 3.45. The number of alkyl carbamates (subject to hydrolysis) is 1. The van der Waals surface area contributed by atoms with E-state index in [-0.39, 0.29) is 10.6 Å². The van der Waals surface area contributed by atoms with E-state index in [9.17, 15) is 14.4 Å². The Morgan fingerprint density at radius 3 is 2.66 bits per heavy atom. The van der Waals surface area contributed by atoms with Crippen LogP contribution in [0.5, 0.6) is 0 Å². The molecule has 1 atom stereocenters. The molecule has 0 bridgehead atoms. The predicted molar refractivity (Wildman–Crippen MR) is 123 cm³/mol. The van der Waals surface area contributed by atoms with E-state index in [4.69, 9.17) is 4.74 Å². The number of carbonyl (C=O) groups is 3. The number of anilines is 1. The summed E-state index contributed by atoms with van der Waals surface area (Å²) >= 11 is 2.40. The number of pyridine rings is 1. The SMILES string of the molecule is CCC(OC(=O)NC(=O)c1ccsc1NC(=O)c1nc2cnccc2s1)c1ccccc1. The standard InChI is InChI=1S/C22H18N4O4S2/c1-2-16(13-6-4-3-5-7-13)30-22(29)26-18(27)14-9-11-31-20(14)25-19(28)21-24-15-12-23-10-8-17(15)32-21/h3-12,16H,2H2,1H3,(H,25,28)(H,26,27,29). The highest BCUT2D eigenvalue weighted by Gasteiger charge is 2.22. The van der Waals surface area contributed by atoms with Crippen LogP contribution in [0, 0.1) is 0 Å². The molecule has 3 amide bonds. The quantitative estimate of drug-likeness (QED) is 0.413. The lowest BCUT2D eigenvalue weighted by atomic mass is 10.1. The number of thiophene rings is 1. The fraction of sp³-hybridized carbons (Fsp3) is 0.136. The van der Waals surface area contributed by atoms with Crippen molar-refractivity contribution in [3.63, 3.8) is 0 Å². The average molecular weight is 467 g/mol. The second-order valence-electron chi connectivity index (χ2n) is 6.65. The summed E-state index contributed by atoms with van der Waals surface area (Å²) in [4.78, 5) is 45.8. The smallest absolute Gasteiger partial charge is 0.414 e. The zero-order valence-electron chi connectivity index (χ0n) is 16.9. The van der Waals surface area contributed by atoms with Gasteiger partial charge in [0.2, 0.25) is 0 Å². The topological polar surface area (TPSA) is 110 Å². The molecule has 0 aliphatic carbocycles. The monoisotopic (exact) mass is 466 g/mol. The summed E-state index contributed by atoms with van der Waals surface area (Å²) in [6.07, 6.45) is 2.44. The zero-order chi connectivity index (χ0) is 22.5. The van der Waals surface area contributed by atoms with Gasteiger partial charge in [-0.3, -0.25) is 19.9 Å². The molecule has 0 radical (unpaired) electrons. The largest absolute Gasteiger partial charge is 0.441 e. The third kappa shape index (κ3) is 4.82. The van der Waals surface area contributed by atoms with Crippen LogP contribution >= 0.6 is 22.7 Å². The second kappa shape index (κ2) is 9.67. The number of nitrogens with one attached hydrogen (secondary N) is 2. The Bertz CT molecular complexity index is 1240. The van der Waals surface area contributed by atoms with E-state index >= 15 is 0 Å². The van der Waals surface area contributed by atoms with Crippen molar-refractivity contribution in [2.75, 3.05) is 5.32 Å². The first-order valence-electron chi connectivity index (χ1n) is 9.71. The van der Waals surface area contributed by atoms with Gasteiger partial charge in [0.15, 0.2) is 5.01 Å². The third-order valence-electron chi connectivity index (χ3n) is 4.53. The molecule has 2 N–H and O–H groups in total. The molecule has 0 spiro atoms. The molecule has 32 heavy (non-hydrogen) atoms. The van der Waals surface area contributed by atoms with Crippen molar-refractivity contribution in [3.05, 3.63) is 76.4 Å². The Labute approximate surface area is 191 Å². The molecule has 162 valence electrons. The van der Waals surface area contributed by atoms with E-state index in [1.807, 2.05) is 37.3 Å². The number of nitrogens with zero attached hydrogens (tertiary/aromatic N) is 2. The van der Waals surface area contributed by atoms with E-state index in [1.165, 1.54) is 28.7 Å². The first-order valence-corrected chi connectivity index (χ1v) is 11.4. The van der Waals surface area contributed by atoms with Gasteiger partial charge in [0.25, 0.3) is 11.8 Å². The molecule has 1 unspecified atom stereocenters. The molecule has 3 heterocycles. The summed E-state index contributed by atoms with van der Waals surface area (Å²) in [7, 11) is 0. The van der Waals surface area contributed by atoms with Gasteiger partial charge in [-0.25, -0.2) is 9.78 Å². The summed E-state index contributed by atoms with van der Waals surface area (Å²) in [5.74, 6) is -1.11. The summed E-state index contributed by atoms with van der Waals surface area (Å²) < 4.78 is 6.24. The van der Waals surface area contributed by atoms with Crippen LogP contribution in [0.4, 0.5) is 9.80 Å². The predicted octanol–water partition coefficient (Wildman–Crippen LogP) is 5.02. The minimum Gasteiger partial charge on any atom is -0.441 e. The number of amides is 3. The Kier molecular flexibility index (Phi) is 6.52. The van der Waals surface area contributed by atoms with Crippen LogP contribution in [-0.2, 0) is 4.74 Å². The van der Waals surface area contributed by atoms with Crippen molar-refractivity contribution < 1.29 is 19.1 Å². The first kappa shape index (κ1) is 21.6. The lowest BCUT2D eigenvalue weighted by Crippen LogP contribution is -2.32. The van der Waals surface area contributed by atoms with E-state index < -0.39 is 24.0 Å². The summed E-state index contributed by atoms with van der Waals surface area (Å²) in [6.45, 7) is 1.89. The van der Waals surface area contributed by atoms with E-state index in [0.29, 0.717) is 16.9 Å². The molecular formula is C22H18N4O4S2. The Morgan fingerprint density at radius 2 is 1.91 bits per heavy atom. The van der Waals surface area contributed by atoms with Gasteiger partial charge >= 0.3 is 6.09 Å². The van der Waals surface area contributed by atoms with Gasteiger partial charge in [-0.1, -0.05) is 37.3 Å². The minimum atomic E-state index is -0.854. The van der Waals surface area contributed by atoms with Crippen molar-refractivity contribution in [2.45, 2.75) is 19.4 Å². The van der Waals surface area contributed by atoms with Crippen molar-refractivity contribution in [2.24, 2.45) is 0 Å². The molecular weight excluding hydrogens is 448 g/mol.